The molecule has 1 aliphatic rings. The number of benzene rings is 1. The van der Waals surface area contributed by atoms with Crippen LogP contribution in [0.2, 0.25) is 0 Å². The fraction of sp³-hybridized carbons (Fsp3) is 0.364. The van der Waals surface area contributed by atoms with Gasteiger partial charge in [0.2, 0.25) is 0 Å². The highest BCUT2D eigenvalue weighted by Crippen LogP contribution is 2.25. The van der Waals surface area contributed by atoms with Crippen LogP contribution in [0.15, 0.2) is 24.3 Å². The van der Waals surface area contributed by atoms with Crippen LogP contribution in [0.1, 0.15) is 39.0 Å². The second-order valence-corrected chi connectivity index (χ2v) is 7.72. The van der Waals surface area contributed by atoms with Crippen LogP contribution in [0.3, 0.4) is 0 Å². The van der Waals surface area contributed by atoms with E-state index in [0.717, 1.165) is 16.8 Å². The number of pyridine rings is 1. The Labute approximate surface area is 174 Å². The van der Waals surface area contributed by atoms with E-state index in [-0.39, 0.29) is 11.7 Å². The first kappa shape index (κ1) is 20.0. The molecule has 0 saturated carbocycles. The van der Waals surface area contributed by atoms with Gasteiger partial charge in [-0.25, -0.2) is 9.37 Å². The number of aryl methyl sites for hydroxylation is 3. The summed E-state index contributed by atoms with van der Waals surface area (Å²) in [7, 11) is 1.82. The smallest absolute Gasteiger partial charge is 0.254 e. The molecule has 0 unspecified atom stereocenters. The van der Waals surface area contributed by atoms with E-state index in [4.69, 9.17) is 0 Å². The largest absolute Gasteiger partial charge is 0.366 e. The van der Waals surface area contributed by atoms with Crippen molar-refractivity contribution in [3.8, 4) is 0 Å². The Morgan fingerprint density at radius 2 is 1.77 bits per heavy atom. The first-order valence-corrected chi connectivity index (χ1v) is 9.92. The van der Waals surface area contributed by atoms with Gasteiger partial charge < -0.3 is 9.80 Å². The molecule has 1 amide bonds. The second kappa shape index (κ2) is 7.51. The number of aromatic nitrogens is 3. The molecule has 3 heterocycles. The number of nitrogens with zero attached hydrogens (tertiary/aromatic N) is 5. The molecular formula is C22H24FN5O2. The molecule has 0 bridgehead atoms. The molecule has 30 heavy (non-hydrogen) atoms. The molecule has 7 nitrogen and oxygen atoms in total. The third-order valence-electron chi connectivity index (χ3n) is 5.59. The second-order valence-electron chi connectivity index (χ2n) is 7.72. The SMILES string of the molecule is CC(=O)c1ccc(N2CCN(C(=O)c3cc(C)nc4c3c(C)nn4C)CC2)c(F)c1. The quantitative estimate of drug-likeness (QED) is 0.622. The molecule has 1 aliphatic heterocycles. The molecule has 0 N–H and O–H groups in total. The zero-order valence-electron chi connectivity index (χ0n) is 17.6. The molecule has 1 fully saturated rings. The van der Waals surface area contributed by atoms with Crippen LogP contribution < -0.4 is 4.90 Å². The number of hydrogen-bond donors (Lipinski definition) is 0. The molecule has 2 aromatic heterocycles. The summed E-state index contributed by atoms with van der Waals surface area (Å²) >= 11 is 0. The number of anilines is 1. The van der Waals surface area contributed by atoms with Gasteiger partial charge in [0.25, 0.3) is 5.91 Å². The van der Waals surface area contributed by atoms with E-state index in [1.54, 1.807) is 21.7 Å². The van der Waals surface area contributed by atoms with Crippen LogP contribution >= 0.6 is 0 Å². The molecule has 0 atom stereocenters. The number of carbonyl (C=O) groups is 2. The zero-order valence-corrected chi connectivity index (χ0v) is 17.6. The lowest BCUT2D eigenvalue weighted by atomic mass is 10.1. The highest BCUT2D eigenvalue weighted by atomic mass is 19.1. The summed E-state index contributed by atoms with van der Waals surface area (Å²) in [6, 6.07) is 6.36. The lowest BCUT2D eigenvalue weighted by molar-refractivity contribution is 0.0748. The average Bonchev–Trinajstić information content (AvgIpc) is 3.00. The number of halogens is 1. The number of hydrogen-bond acceptors (Lipinski definition) is 5. The van der Waals surface area contributed by atoms with Gasteiger partial charge in [-0.2, -0.15) is 5.10 Å². The van der Waals surface area contributed by atoms with Crippen molar-refractivity contribution in [1.29, 1.82) is 0 Å². The van der Waals surface area contributed by atoms with Crippen LogP contribution in [0.25, 0.3) is 11.0 Å². The van der Waals surface area contributed by atoms with Crippen molar-refractivity contribution < 1.29 is 14.0 Å². The van der Waals surface area contributed by atoms with E-state index in [0.29, 0.717) is 48.6 Å². The maximum absolute atomic E-state index is 14.5. The predicted molar refractivity (Wildman–Crippen MR) is 113 cm³/mol. The Morgan fingerprint density at radius 3 is 2.40 bits per heavy atom. The van der Waals surface area contributed by atoms with E-state index in [9.17, 15) is 14.0 Å². The molecule has 156 valence electrons. The van der Waals surface area contributed by atoms with Crippen LogP contribution in [0.5, 0.6) is 0 Å². The molecule has 3 aromatic rings. The van der Waals surface area contributed by atoms with Crippen LogP contribution in [0, 0.1) is 19.7 Å². The summed E-state index contributed by atoms with van der Waals surface area (Å²) in [5.41, 5.74) is 3.65. The normalized spacial score (nSPS) is 14.4. The molecule has 0 aliphatic carbocycles. The van der Waals surface area contributed by atoms with Gasteiger partial charge in [-0.1, -0.05) is 0 Å². The number of ketones is 1. The molecular weight excluding hydrogens is 385 g/mol. The van der Waals surface area contributed by atoms with Crippen molar-refractivity contribution in [3.63, 3.8) is 0 Å². The van der Waals surface area contributed by atoms with Gasteiger partial charge in [0.15, 0.2) is 11.4 Å². The van der Waals surface area contributed by atoms with E-state index in [1.165, 1.54) is 13.0 Å². The molecule has 0 spiro atoms. The van der Waals surface area contributed by atoms with E-state index in [1.807, 2.05) is 31.9 Å². The van der Waals surface area contributed by atoms with Gasteiger partial charge >= 0.3 is 0 Å². The molecule has 4 rings (SSSR count). The van der Waals surface area contributed by atoms with E-state index < -0.39 is 5.82 Å². The molecule has 1 aromatic carbocycles. The van der Waals surface area contributed by atoms with Crippen LogP contribution in [-0.2, 0) is 7.05 Å². The topological polar surface area (TPSA) is 71.3 Å². The van der Waals surface area contributed by atoms with Crippen molar-refractivity contribution in [2.24, 2.45) is 7.05 Å². The Hall–Kier alpha value is -3.29. The summed E-state index contributed by atoms with van der Waals surface area (Å²) in [4.78, 5) is 33.0. The summed E-state index contributed by atoms with van der Waals surface area (Å²) in [5.74, 6) is -0.644. The van der Waals surface area contributed by atoms with Gasteiger partial charge in [0, 0.05) is 44.5 Å². The lowest BCUT2D eigenvalue weighted by Gasteiger charge is -2.36. The highest BCUT2D eigenvalue weighted by Gasteiger charge is 2.26. The standard InChI is InChI=1S/C22H24FN5O2/c1-13-11-17(20-14(2)25-26(4)21(20)24-13)22(30)28-9-7-27(8-10-28)19-6-5-16(15(3)29)12-18(19)23/h5-6,11-12H,7-10H2,1-4H3. The minimum atomic E-state index is -0.417. The average molecular weight is 409 g/mol. The third kappa shape index (κ3) is 3.42. The van der Waals surface area contributed by atoms with Crippen molar-refractivity contribution in [2.45, 2.75) is 20.8 Å². The number of amides is 1. The minimum Gasteiger partial charge on any atom is -0.366 e. The highest BCUT2D eigenvalue weighted by molar-refractivity contribution is 6.06. The number of rotatable bonds is 3. The van der Waals surface area contributed by atoms with Gasteiger partial charge in [0.05, 0.1) is 22.3 Å². The summed E-state index contributed by atoms with van der Waals surface area (Å²) in [6.45, 7) is 7.15. The van der Waals surface area contributed by atoms with Gasteiger partial charge in [-0.3, -0.25) is 14.3 Å². The summed E-state index contributed by atoms with van der Waals surface area (Å²) in [5, 5.41) is 5.19. The van der Waals surface area contributed by atoms with Gasteiger partial charge in [-0.15, -0.1) is 0 Å². The van der Waals surface area contributed by atoms with Crippen LogP contribution in [0.4, 0.5) is 10.1 Å². The number of Topliss-reactive ketones (excluding diaryl/α,β-unsaturated/α-hetero) is 1. The van der Waals surface area contributed by atoms with E-state index in [2.05, 4.69) is 10.1 Å². The Balaban J connectivity index is 1.55. The minimum absolute atomic E-state index is 0.0614. The Bertz CT molecular complexity index is 1160. The van der Waals surface area contributed by atoms with Crippen molar-refractivity contribution in [1.82, 2.24) is 19.7 Å². The zero-order chi connectivity index (χ0) is 21.6. The van der Waals surface area contributed by atoms with Crippen molar-refractivity contribution in [3.05, 3.63) is 52.6 Å². The lowest BCUT2D eigenvalue weighted by Crippen LogP contribution is -2.49. The first-order chi connectivity index (χ1) is 14.3. The predicted octanol–water partition coefficient (Wildman–Crippen LogP) is 2.89. The first-order valence-electron chi connectivity index (χ1n) is 9.92. The van der Waals surface area contributed by atoms with Gasteiger partial charge in [0.1, 0.15) is 5.82 Å². The fourth-order valence-corrected chi connectivity index (χ4v) is 4.04. The fourth-order valence-electron chi connectivity index (χ4n) is 4.04. The van der Waals surface area contributed by atoms with Crippen molar-refractivity contribution in [2.75, 3.05) is 31.1 Å². The third-order valence-corrected chi connectivity index (χ3v) is 5.59. The monoisotopic (exact) mass is 409 g/mol. The Kier molecular flexibility index (Phi) is 5.01. The molecule has 1 saturated heterocycles. The van der Waals surface area contributed by atoms with E-state index >= 15 is 0 Å². The van der Waals surface area contributed by atoms with Gasteiger partial charge in [-0.05, 0) is 45.0 Å². The Morgan fingerprint density at radius 1 is 1.07 bits per heavy atom. The molecule has 0 radical (unpaired) electrons. The van der Waals surface area contributed by atoms with Crippen molar-refractivity contribution >= 4 is 28.4 Å². The summed E-state index contributed by atoms with van der Waals surface area (Å²) < 4.78 is 16.2. The number of fused-ring (bicyclic) bond motifs is 1. The van der Waals surface area contributed by atoms with Crippen LogP contribution in [-0.4, -0.2) is 57.5 Å². The maximum Gasteiger partial charge on any atom is 0.254 e. The number of piperazine rings is 1. The molecule has 8 heteroatoms. The number of carbonyl (C=O) groups excluding carboxylic acids is 2. The summed E-state index contributed by atoms with van der Waals surface area (Å²) in [6.07, 6.45) is 0. The maximum atomic E-state index is 14.5.